The van der Waals surface area contributed by atoms with E-state index >= 15 is 0 Å². The molecule has 0 fully saturated rings. The number of carbonyl (C=O) groups is 1. The predicted molar refractivity (Wildman–Crippen MR) is 132 cm³/mol. The molecule has 39 heavy (non-hydrogen) atoms. The molecule has 0 aliphatic carbocycles. The third kappa shape index (κ3) is 4.39. The summed E-state index contributed by atoms with van der Waals surface area (Å²) < 4.78 is 77.4. The molecular formula is C24H8F6N2O6S. The van der Waals surface area contributed by atoms with Crippen LogP contribution in [0, 0.1) is 0 Å². The number of nitrogens with zero attached hydrogens (tertiary/aromatic N) is 1. The highest BCUT2D eigenvalue weighted by atomic mass is 32.1. The Labute approximate surface area is 213 Å². The molecule has 0 saturated heterocycles. The van der Waals surface area contributed by atoms with Crippen LogP contribution in [0.5, 0.6) is 0 Å². The third-order valence-electron chi connectivity index (χ3n) is 5.68. The maximum atomic E-state index is 13.4. The SMILES string of the molecule is O=C(Nc1ccc2c(=O)c3sc4c(=O)c5cc(N=COC(F)(F)F)ccc5c(=O)c4c3c(=O)c2c1)C(F)(F)F. The summed E-state index contributed by atoms with van der Waals surface area (Å²) in [7, 11) is 0. The summed E-state index contributed by atoms with van der Waals surface area (Å²) >= 11 is 0.563. The normalized spacial score (nSPS) is 12.8. The van der Waals surface area contributed by atoms with E-state index in [1.54, 1.807) is 5.32 Å². The highest BCUT2D eigenvalue weighted by Gasteiger charge is 2.38. The van der Waals surface area contributed by atoms with Crippen LogP contribution in [0.2, 0.25) is 0 Å². The average Bonchev–Trinajstić information content (AvgIpc) is 3.26. The molecule has 1 N–H and O–H groups in total. The topological polar surface area (TPSA) is 119 Å². The second kappa shape index (κ2) is 8.69. The van der Waals surface area contributed by atoms with E-state index in [0.29, 0.717) is 11.3 Å². The van der Waals surface area contributed by atoms with Gasteiger partial charge >= 0.3 is 18.4 Å². The van der Waals surface area contributed by atoms with Crippen molar-refractivity contribution in [2.75, 3.05) is 5.32 Å². The molecule has 0 aliphatic heterocycles. The zero-order valence-corrected chi connectivity index (χ0v) is 19.4. The van der Waals surface area contributed by atoms with Gasteiger partial charge in [-0.2, -0.15) is 13.2 Å². The monoisotopic (exact) mass is 566 g/mol. The minimum atomic E-state index is -5.22. The Kier molecular flexibility index (Phi) is 5.79. The van der Waals surface area contributed by atoms with Crippen molar-refractivity contribution in [3.05, 3.63) is 77.3 Å². The Morgan fingerprint density at radius 1 is 0.769 bits per heavy atom. The first-order valence-electron chi connectivity index (χ1n) is 10.5. The second-order valence-corrected chi connectivity index (χ2v) is 9.09. The van der Waals surface area contributed by atoms with Gasteiger partial charge in [0.2, 0.25) is 10.9 Å². The number of halogens is 6. The number of benzene rings is 4. The van der Waals surface area contributed by atoms with Crippen molar-refractivity contribution < 1.29 is 35.9 Å². The molecule has 0 unspecified atom stereocenters. The van der Waals surface area contributed by atoms with E-state index in [1.807, 2.05) is 0 Å². The number of hydrogen-bond acceptors (Lipinski definition) is 8. The molecule has 1 amide bonds. The van der Waals surface area contributed by atoms with Gasteiger partial charge in [0.15, 0.2) is 17.3 Å². The van der Waals surface area contributed by atoms with Crippen molar-refractivity contribution in [1.82, 2.24) is 0 Å². The summed E-state index contributed by atoms with van der Waals surface area (Å²) in [5.41, 5.74) is -3.90. The molecular weight excluding hydrogens is 558 g/mol. The van der Waals surface area contributed by atoms with Gasteiger partial charge in [0, 0.05) is 27.2 Å². The maximum absolute atomic E-state index is 13.4. The lowest BCUT2D eigenvalue weighted by Crippen LogP contribution is -2.30. The summed E-state index contributed by atoms with van der Waals surface area (Å²) in [6.07, 6.45) is -10.1. The van der Waals surface area contributed by atoms with Gasteiger partial charge < -0.3 is 10.1 Å². The molecule has 1 aromatic heterocycles. The van der Waals surface area contributed by atoms with Gasteiger partial charge in [-0.25, -0.2) is 4.99 Å². The molecule has 0 atom stereocenters. The van der Waals surface area contributed by atoms with E-state index in [-0.39, 0.29) is 48.4 Å². The number of fused-ring (bicyclic) bond motifs is 5. The number of amides is 1. The Hall–Kier alpha value is -4.66. The van der Waals surface area contributed by atoms with Crippen LogP contribution in [-0.2, 0) is 9.53 Å². The largest absolute Gasteiger partial charge is 0.573 e. The Morgan fingerprint density at radius 2 is 1.31 bits per heavy atom. The summed E-state index contributed by atoms with van der Waals surface area (Å²) in [5.74, 6) is -2.31. The van der Waals surface area contributed by atoms with Crippen LogP contribution in [0.4, 0.5) is 37.7 Å². The number of alkyl halides is 6. The number of carbonyl (C=O) groups excluding carboxylic acids is 1. The van der Waals surface area contributed by atoms with Gasteiger partial charge in [0.25, 0.3) is 0 Å². The molecule has 0 radical (unpaired) electrons. The fourth-order valence-corrected chi connectivity index (χ4v) is 5.26. The van der Waals surface area contributed by atoms with Crippen LogP contribution in [0.25, 0.3) is 41.7 Å². The molecule has 5 rings (SSSR count). The summed E-state index contributed by atoms with van der Waals surface area (Å²) in [6, 6.07) is 6.17. The zero-order valence-electron chi connectivity index (χ0n) is 18.6. The molecule has 0 spiro atoms. The first-order valence-corrected chi connectivity index (χ1v) is 11.3. The molecule has 0 saturated carbocycles. The Morgan fingerprint density at radius 3 is 1.92 bits per heavy atom. The van der Waals surface area contributed by atoms with Crippen molar-refractivity contribution in [2.24, 2.45) is 4.99 Å². The zero-order chi connectivity index (χ0) is 28.4. The highest BCUT2D eigenvalue weighted by Crippen LogP contribution is 2.30. The number of rotatable bonds is 3. The van der Waals surface area contributed by atoms with Gasteiger partial charge in [0.1, 0.15) is 0 Å². The first-order chi connectivity index (χ1) is 18.2. The van der Waals surface area contributed by atoms with Crippen molar-refractivity contribution >= 4 is 76.7 Å². The highest BCUT2D eigenvalue weighted by molar-refractivity contribution is 7.25. The van der Waals surface area contributed by atoms with Gasteiger partial charge in [-0.15, -0.1) is 24.5 Å². The summed E-state index contributed by atoms with van der Waals surface area (Å²) in [6.45, 7) is 0. The van der Waals surface area contributed by atoms with Crippen molar-refractivity contribution in [1.29, 1.82) is 0 Å². The number of ether oxygens (including phenoxy) is 1. The minimum absolute atomic E-state index is 0.103. The molecule has 198 valence electrons. The quantitative estimate of drug-likeness (QED) is 0.197. The van der Waals surface area contributed by atoms with Crippen LogP contribution in [0.1, 0.15) is 0 Å². The first kappa shape index (κ1) is 26.0. The second-order valence-electron chi connectivity index (χ2n) is 8.07. The minimum Gasteiger partial charge on any atom is -0.395 e. The Balaban J connectivity index is 1.76. The molecule has 1 heterocycles. The standard InChI is InChI=1S/C24H8F6N2O6S/c25-23(26,27)22(37)32-9-2-4-11-12(6-9)17(34)15-14-16(33)10-3-1-8(31-7-38-24(28,29)30)5-13(10)19(36)21(14)39-20(15)18(11)35/h1-7H,(H,32,37). The number of hydrogen-bond donors (Lipinski definition) is 1. The number of aliphatic imine (C=N–C) groups is 1. The fraction of sp³-hybridized carbons (Fsp3) is 0.0833. The molecule has 5 aromatic rings. The lowest BCUT2D eigenvalue weighted by Gasteiger charge is -2.08. The fourth-order valence-electron chi connectivity index (χ4n) is 4.05. The van der Waals surface area contributed by atoms with Gasteiger partial charge in [-0.1, -0.05) is 0 Å². The average molecular weight is 566 g/mol. The van der Waals surface area contributed by atoms with Crippen LogP contribution >= 0.6 is 11.3 Å². The van der Waals surface area contributed by atoms with Gasteiger partial charge in [-0.05, 0) is 36.4 Å². The van der Waals surface area contributed by atoms with E-state index in [0.717, 1.165) is 36.4 Å². The number of nitrogens with one attached hydrogen (secondary N) is 1. The van der Waals surface area contributed by atoms with Crippen LogP contribution in [0.3, 0.4) is 0 Å². The van der Waals surface area contributed by atoms with E-state index in [4.69, 9.17) is 0 Å². The molecule has 8 nitrogen and oxygen atoms in total. The lowest BCUT2D eigenvalue weighted by atomic mass is 10.0. The van der Waals surface area contributed by atoms with E-state index in [1.165, 1.54) is 0 Å². The smallest absolute Gasteiger partial charge is 0.395 e. The van der Waals surface area contributed by atoms with E-state index in [2.05, 4.69) is 9.73 Å². The number of thiophene rings is 1. The lowest BCUT2D eigenvalue weighted by molar-refractivity contribution is -0.280. The molecule has 0 aliphatic rings. The summed E-state index contributed by atoms with van der Waals surface area (Å²) in [5, 5.41) is -0.243. The van der Waals surface area contributed by atoms with Gasteiger partial charge in [0.05, 0.1) is 25.9 Å². The number of anilines is 1. The van der Waals surface area contributed by atoms with Crippen LogP contribution < -0.4 is 27.0 Å². The van der Waals surface area contributed by atoms with Crippen molar-refractivity contribution in [3.8, 4) is 0 Å². The van der Waals surface area contributed by atoms with E-state index < -0.39 is 51.2 Å². The Bertz CT molecular complexity index is 2110. The summed E-state index contributed by atoms with van der Waals surface area (Å²) in [4.78, 5) is 67.8. The van der Waals surface area contributed by atoms with Crippen molar-refractivity contribution in [3.63, 3.8) is 0 Å². The third-order valence-corrected chi connectivity index (χ3v) is 6.87. The van der Waals surface area contributed by atoms with Crippen molar-refractivity contribution in [2.45, 2.75) is 12.5 Å². The molecule has 15 heteroatoms. The van der Waals surface area contributed by atoms with E-state index in [9.17, 15) is 50.3 Å². The molecule has 0 bridgehead atoms. The maximum Gasteiger partial charge on any atom is 0.573 e. The van der Waals surface area contributed by atoms with Crippen LogP contribution in [0.15, 0.2) is 60.6 Å². The van der Waals surface area contributed by atoms with Crippen LogP contribution in [-0.4, -0.2) is 24.8 Å². The predicted octanol–water partition coefficient (Wildman–Crippen LogP) is 4.37. The van der Waals surface area contributed by atoms with Gasteiger partial charge in [-0.3, -0.25) is 24.0 Å². The molecule has 4 aromatic carbocycles.